The highest BCUT2D eigenvalue weighted by molar-refractivity contribution is 6.17. The first-order valence-electron chi connectivity index (χ1n) is 41.7. The fraction of sp³-hybridized carbons (Fsp3) is 0.0526. The summed E-state index contributed by atoms with van der Waals surface area (Å²) in [4.78, 5) is 0. The van der Waals surface area contributed by atoms with Crippen molar-refractivity contribution in [3.05, 3.63) is 411 Å². The third-order valence-electron chi connectivity index (χ3n) is 26.7. The minimum Gasteiger partial charge on any atom is -0.455 e. The Kier molecular flexibility index (Phi) is 14.5. The van der Waals surface area contributed by atoms with Crippen LogP contribution in [-0.4, -0.2) is 18.3 Å². The molecule has 24 aromatic rings. The Morgan fingerprint density at radius 2 is 0.467 bits per heavy atom. The minimum atomic E-state index is -0.198. The Morgan fingerprint density at radius 1 is 0.183 bits per heavy atom. The van der Waals surface area contributed by atoms with Crippen molar-refractivity contribution in [1.29, 1.82) is 0 Å². The van der Waals surface area contributed by atoms with Crippen LogP contribution in [0.4, 0.5) is 0 Å². The van der Waals surface area contributed by atoms with Gasteiger partial charge in [-0.15, -0.1) is 0 Å². The fourth-order valence-electron chi connectivity index (χ4n) is 20.8. The second-order valence-corrected chi connectivity index (χ2v) is 33.8. The van der Waals surface area contributed by atoms with Crippen LogP contribution in [0, 0.1) is 0 Å². The molecular weight excluding hydrogens is 1460 g/mol. The number of rotatable bonds is 8. The molecule has 0 radical (unpaired) electrons. The molecule has 6 heterocycles. The molecule has 6 heteroatoms. The summed E-state index contributed by atoms with van der Waals surface area (Å²) in [5, 5.41) is 14.7. The Labute approximate surface area is 692 Å². The van der Waals surface area contributed by atoms with E-state index in [4.69, 9.17) is 8.83 Å². The summed E-state index contributed by atoms with van der Waals surface area (Å²) < 4.78 is 22.9. The van der Waals surface area contributed by atoms with E-state index in [9.17, 15) is 0 Å². The molecule has 564 valence electrons. The van der Waals surface area contributed by atoms with Gasteiger partial charge in [-0.3, -0.25) is 0 Å². The lowest BCUT2D eigenvalue weighted by Crippen LogP contribution is -2.15. The van der Waals surface area contributed by atoms with Crippen molar-refractivity contribution < 1.29 is 8.83 Å². The van der Waals surface area contributed by atoms with Gasteiger partial charge in [0.25, 0.3) is 0 Å². The molecule has 6 aromatic heterocycles. The van der Waals surface area contributed by atoms with Crippen LogP contribution < -0.4 is 0 Å². The summed E-state index contributed by atoms with van der Waals surface area (Å²) in [7, 11) is 0. The molecule has 0 saturated carbocycles. The van der Waals surface area contributed by atoms with Gasteiger partial charge in [-0.1, -0.05) is 295 Å². The highest BCUT2D eigenvalue weighted by atomic mass is 16.3. The van der Waals surface area contributed by atoms with E-state index in [0.29, 0.717) is 0 Å². The van der Waals surface area contributed by atoms with E-state index in [1.165, 1.54) is 198 Å². The van der Waals surface area contributed by atoms with Gasteiger partial charge < -0.3 is 27.1 Å². The fourth-order valence-corrected chi connectivity index (χ4v) is 20.8. The van der Waals surface area contributed by atoms with Crippen LogP contribution in [0.5, 0.6) is 0 Å². The lowest BCUT2D eigenvalue weighted by Gasteiger charge is -2.22. The molecule has 18 aromatic carbocycles. The molecule has 0 unspecified atom stereocenters. The maximum absolute atomic E-state index is 6.61. The Morgan fingerprint density at radius 3 is 0.883 bits per heavy atom. The molecule has 0 atom stereocenters. The third-order valence-corrected chi connectivity index (χ3v) is 26.7. The maximum atomic E-state index is 6.61. The van der Waals surface area contributed by atoms with Gasteiger partial charge in [0.05, 0.1) is 44.1 Å². The topological polar surface area (TPSA) is 46.0 Å². The summed E-state index contributed by atoms with van der Waals surface area (Å²) in [6.07, 6.45) is 0. The number of para-hydroxylation sites is 6. The molecule has 0 amide bonds. The first-order valence-corrected chi connectivity index (χ1v) is 41.7. The van der Waals surface area contributed by atoms with E-state index in [2.05, 4.69) is 434 Å². The summed E-state index contributed by atoms with van der Waals surface area (Å²) in [6.45, 7) is 9.41. The first-order chi connectivity index (χ1) is 59.0. The number of benzene rings is 18. The minimum absolute atomic E-state index is 0.190. The van der Waals surface area contributed by atoms with Crippen molar-refractivity contribution in [2.75, 3.05) is 0 Å². The van der Waals surface area contributed by atoms with Gasteiger partial charge in [-0.25, -0.2) is 0 Å². The number of fused-ring (bicyclic) bond motifs is 26. The second-order valence-electron chi connectivity index (χ2n) is 33.8. The summed E-state index contributed by atoms with van der Waals surface area (Å²) in [6, 6.07) is 142. The van der Waals surface area contributed by atoms with E-state index in [1.54, 1.807) is 0 Å². The number of furan rings is 2. The maximum Gasteiger partial charge on any atom is 0.143 e. The Bertz CT molecular complexity index is 8440. The number of aromatic nitrogens is 4. The average Bonchev–Trinajstić information content (AvgIpc) is 1.52. The zero-order valence-corrected chi connectivity index (χ0v) is 66.6. The lowest BCUT2D eigenvalue weighted by molar-refractivity contribution is 0.653. The average molecular weight is 1530 g/mol. The lowest BCUT2D eigenvalue weighted by atomic mass is 9.82. The van der Waals surface area contributed by atoms with Crippen molar-refractivity contribution in [1.82, 2.24) is 18.3 Å². The third kappa shape index (κ3) is 9.97. The molecule has 0 N–H and O–H groups in total. The SMILES string of the molecule is CC1(C)c2cc(-n3c4ccccc4c4cc(-c5ccc6c7ccccc7n(-c7ccc(-c8ccccc8)cc7)c6c5)ccc43)ccc2-c2c1ccc1c2oc2ccccc21.CC1(C)c2cc(-n3c4ccccc4c4ccc(-c5ccc6c(c5)c5ccccc5n6-c5ccc(-c6ccccc6)cc5)cc43)ccc2-c2c1ccc1c2oc2ccccc21. The van der Waals surface area contributed by atoms with Crippen molar-refractivity contribution in [3.8, 4) is 89.5 Å². The monoisotopic (exact) mass is 1530 g/mol. The molecule has 0 aliphatic heterocycles. The number of hydrogen-bond donors (Lipinski definition) is 0. The van der Waals surface area contributed by atoms with Crippen LogP contribution in [0.1, 0.15) is 49.9 Å². The molecule has 0 fully saturated rings. The van der Waals surface area contributed by atoms with E-state index in [0.717, 1.165) is 44.8 Å². The molecular formula is C114H76N4O2. The molecule has 0 saturated heterocycles. The first kappa shape index (κ1) is 68.0. The molecule has 0 spiro atoms. The highest BCUT2D eigenvalue weighted by Crippen LogP contribution is 2.56. The van der Waals surface area contributed by atoms with Gasteiger partial charge in [0.2, 0.25) is 0 Å². The molecule has 26 rings (SSSR count). The van der Waals surface area contributed by atoms with Crippen molar-refractivity contribution in [2.45, 2.75) is 38.5 Å². The zero-order chi connectivity index (χ0) is 79.4. The van der Waals surface area contributed by atoms with Crippen LogP contribution in [-0.2, 0) is 10.8 Å². The van der Waals surface area contributed by atoms with Crippen molar-refractivity contribution >= 4 is 131 Å². The predicted octanol–water partition coefficient (Wildman–Crippen LogP) is 30.8. The van der Waals surface area contributed by atoms with Crippen LogP contribution >= 0.6 is 0 Å². The van der Waals surface area contributed by atoms with Crippen LogP contribution in [0.2, 0.25) is 0 Å². The largest absolute Gasteiger partial charge is 0.455 e. The van der Waals surface area contributed by atoms with Crippen molar-refractivity contribution in [3.63, 3.8) is 0 Å². The normalized spacial score (nSPS) is 13.3. The Hall–Kier alpha value is -15.2. The van der Waals surface area contributed by atoms with Gasteiger partial charge in [0.1, 0.15) is 22.3 Å². The predicted molar refractivity (Wildman–Crippen MR) is 502 cm³/mol. The molecule has 120 heavy (non-hydrogen) atoms. The van der Waals surface area contributed by atoms with E-state index in [1.807, 2.05) is 0 Å². The van der Waals surface area contributed by atoms with Gasteiger partial charge in [-0.2, -0.15) is 0 Å². The quantitative estimate of drug-likeness (QED) is 0.152. The van der Waals surface area contributed by atoms with Gasteiger partial charge in [0, 0.05) is 109 Å². The van der Waals surface area contributed by atoms with Crippen LogP contribution in [0.25, 0.3) is 221 Å². The standard InChI is InChI=1S/2C57H38N2O/c1-57(2)48-30-29-45-44-16-8-11-19-54(44)60-56(45)55(48)46-28-26-40(34-49(46)57)59-50-17-9-6-14-41(50)43-27-22-38(33-53(43)59)37-23-31-52-47(32-37)42-15-7-10-18-51(42)58(52)39-24-20-36(21-25-39)35-12-4-3-5-13-35;1-57(2)48-30-29-45-44-16-8-11-19-54(44)60-56(45)55(48)46-28-26-40(34-49(46)57)59-51-18-10-7-15-42(51)47-32-37(23-31-52(47)59)38-22-27-43-41-14-6-9-17-50(41)58(53(43)33-38)39-24-20-36(21-25-39)35-12-4-3-5-13-35/h2*3-34H,1-2H3. The summed E-state index contributed by atoms with van der Waals surface area (Å²) >= 11 is 0. The zero-order valence-electron chi connectivity index (χ0n) is 66.6. The molecule has 2 aliphatic carbocycles. The molecule has 2 aliphatic rings. The molecule has 6 nitrogen and oxygen atoms in total. The summed E-state index contributed by atoms with van der Waals surface area (Å²) in [5.41, 5.74) is 37.6. The van der Waals surface area contributed by atoms with E-state index >= 15 is 0 Å². The number of hydrogen-bond acceptors (Lipinski definition) is 2. The van der Waals surface area contributed by atoms with Gasteiger partial charge >= 0.3 is 0 Å². The van der Waals surface area contributed by atoms with Gasteiger partial charge in [-0.05, 0) is 199 Å². The molecule has 0 bridgehead atoms. The smallest absolute Gasteiger partial charge is 0.143 e. The van der Waals surface area contributed by atoms with Crippen LogP contribution in [0.15, 0.2) is 397 Å². The van der Waals surface area contributed by atoms with Crippen LogP contribution in [0.3, 0.4) is 0 Å². The van der Waals surface area contributed by atoms with Crippen molar-refractivity contribution in [2.24, 2.45) is 0 Å². The summed E-state index contributed by atoms with van der Waals surface area (Å²) in [5.74, 6) is 0. The Balaban J connectivity index is 0.000000133. The highest BCUT2D eigenvalue weighted by Gasteiger charge is 2.40. The second kappa shape index (κ2) is 25.6. The number of nitrogens with zero attached hydrogens (tertiary/aromatic N) is 4. The van der Waals surface area contributed by atoms with Gasteiger partial charge in [0.15, 0.2) is 0 Å². The van der Waals surface area contributed by atoms with E-state index in [-0.39, 0.29) is 10.8 Å². The van der Waals surface area contributed by atoms with E-state index < -0.39 is 0 Å².